The molecule has 0 spiro atoms. The lowest BCUT2D eigenvalue weighted by Gasteiger charge is -2.11. The van der Waals surface area contributed by atoms with E-state index in [9.17, 15) is 0 Å². The Morgan fingerprint density at radius 3 is 3.11 bits per heavy atom. The van der Waals surface area contributed by atoms with Crippen LogP contribution in [0.5, 0.6) is 5.75 Å². The minimum atomic E-state index is 0.257. The summed E-state index contributed by atoms with van der Waals surface area (Å²) in [7, 11) is 0. The van der Waals surface area contributed by atoms with Gasteiger partial charge in [-0.05, 0) is 42.5 Å². The molecule has 1 aromatic carbocycles. The lowest BCUT2D eigenvalue weighted by atomic mass is 10.1. The first-order valence-corrected chi connectivity index (χ1v) is 7.84. The van der Waals surface area contributed by atoms with Gasteiger partial charge in [0, 0.05) is 30.6 Å². The molecule has 104 valence electrons. The second-order valence-electron chi connectivity index (χ2n) is 5.42. The zero-order valence-corrected chi connectivity index (χ0v) is 12.6. The van der Waals surface area contributed by atoms with Gasteiger partial charge in [0.15, 0.2) is 0 Å². The van der Waals surface area contributed by atoms with E-state index in [0.717, 1.165) is 48.9 Å². The van der Waals surface area contributed by atoms with Crippen LogP contribution < -0.4 is 10.1 Å². The van der Waals surface area contributed by atoms with Crippen LogP contribution in [-0.4, -0.2) is 32.4 Å². The fourth-order valence-corrected chi connectivity index (χ4v) is 2.75. The molecule has 1 N–H and O–H groups in total. The average Bonchev–Trinajstić information content (AvgIpc) is 3.13. The number of rotatable bonds is 7. The Morgan fingerprint density at radius 2 is 2.26 bits per heavy atom. The molecular weight excluding hydrogens is 306 g/mol. The number of hydrogen-bond acceptors (Lipinski definition) is 3. The van der Waals surface area contributed by atoms with Crippen LogP contribution in [-0.2, 0) is 11.2 Å². The summed E-state index contributed by atoms with van der Waals surface area (Å²) in [5, 5.41) is 3.41. The van der Waals surface area contributed by atoms with E-state index in [2.05, 4.69) is 27.3 Å². The summed E-state index contributed by atoms with van der Waals surface area (Å²) in [5.74, 6) is 1.88. The van der Waals surface area contributed by atoms with Crippen LogP contribution >= 0.6 is 15.9 Å². The summed E-state index contributed by atoms with van der Waals surface area (Å²) in [5.41, 5.74) is 1.30. The van der Waals surface area contributed by atoms with Crippen molar-refractivity contribution in [2.45, 2.75) is 25.4 Å². The maximum Gasteiger partial charge on any atom is 0.123 e. The van der Waals surface area contributed by atoms with Gasteiger partial charge in [-0.3, -0.25) is 0 Å². The SMILES string of the molecule is Brc1ccc2c(c1)CC(CNCCOCC1CC1)O2. The molecule has 3 rings (SSSR count). The van der Waals surface area contributed by atoms with E-state index < -0.39 is 0 Å². The average molecular weight is 326 g/mol. The third-order valence-corrected chi connectivity index (χ3v) is 4.10. The molecule has 4 heteroatoms. The van der Waals surface area contributed by atoms with Gasteiger partial charge in [0.05, 0.1) is 6.61 Å². The van der Waals surface area contributed by atoms with Gasteiger partial charge in [0.1, 0.15) is 11.9 Å². The highest BCUT2D eigenvalue weighted by atomic mass is 79.9. The summed E-state index contributed by atoms with van der Waals surface area (Å²) < 4.78 is 12.6. The van der Waals surface area contributed by atoms with Crippen molar-refractivity contribution in [2.75, 3.05) is 26.3 Å². The minimum Gasteiger partial charge on any atom is -0.488 e. The van der Waals surface area contributed by atoms with Gasteiger partial charge in [0.25, 0.3) is 0 Å². The Kier molecular flexibility index (Phi) is 4.41. The van der Waals surface area contributed by atoms with Crippen LogP contribution in [0, 0.1) is 5.92 Å². The van der Waals surface area contributed by atoms with E-state index in [4.69, 9.17) is 9.47 Å². The van der Waals surface area contributed by atoms with Crippen LogP contribution in [0.2, 0.25) is 0 Å². The molecule has 0 saturated heterocycles. The quantitative estimate of drug-likeness (QED) is 0.782. The van der Waals surface area contributed by atoms with E-state index in [-0.39, 0.29) is 6.10 Å². The van der Waals surface area contributed by atoms with Crippen molar-refractivity contribution in [1.82, 2.24) is 5.32 Å². The topological polar surface area (TPSA) is 30.5 Å². The molecule has 1 aliphatic heterocycles. The third kappa shape index (κ3) is 3.94. The standard InChI is InChI=1S/C15H20BrNO2/c16-13-3-4-15-12(7-13)8-14(19-15)9-17-5-6-18-10-11-1-2-11/h3-4,7,11,14,17H,1-2,5-6,8-10H2. The Balaban J connectivity index is 1.31. The first kappa shape index (κ1) is 13.4. The van der Waals surface area contributed by atoms with Crippen molar-refractivity contribution in [3.05, 3.63) is 28.2 Å². The number of fused-ring (bicyclic) bond motifs is 1. The number of benzene rings is 1. The molecular formula is C15H20BrNO2. The molecule has 2 aliphatic rings. The number of ether oxygens (including phenoxy) is 2. The molecule has 19 heavy (non-hydrogen) atoms. The zero-order chi connectivity index (χ0) is 13.1. The van der Waals surface area contributed by atoms with E-state index in [1.165, 1.54) is 18.4 Å². The monoisotopic (exact) mass is 325 g/mol. The normalized spacial score (nSPS) is 21.2. The van der Waals surface area contributed by atoms with Crippen molar-refractivity contribution in [1.29, 1.82) is 0 Å². The van der Waals surface area contributed by atoms with E-state index in [0.29, 0.717) is 0 Å². The van der Waals surface area contributed by atoms with Gasteiger partial charge in [0.2, 0.25) is 0 Å². The summed E-state index contributed by atoms with van der Waals surface area (Å²) in [6.45, 7) is 3.55. The second-order valence-corrected chi connectivity index (χ2v) is 6.33. The zero-order valence-electron chi connectivity index (χ0n) is 11.0. The molecule has 1 aromatic rings. The first-order chi connectivity index (χ1) is 9.31. The Bertz CT molecular complexity index is 434. The van der Waals surface area contributed by atoms with Crippen LogP contribution in [0.15, 0.2) is 22.7 Å². The molecule has 0 aromatic heterocycles. The van der Waals surface area contributed by atoms with Gasteiger partial charge >= 0.3 is 0 Å². The summed E-state index contributed by atoms with van der Waals surface area (Å²) in [6, 6.07) is 6.21. The van der Waals surface area contributed by atoms with Crippen molar-refractivity contribution in [3.63, 3.8) is 0 Å². The Labute approximate surface area is 122 Å². The van der Waals surface area contributed by atoms with Crippen molar-refractivity contribution < 1.29 is 9.47 Å². The fraction of sp³-hybridized carbons (Fsp3) is 0.600. The summed E-state index contributed by atoms with van der Waals surface area (Å²) in [4.78, 5) is 0. The highest BCUT2D eigenvalue weighted by Crippen LogP contribution is 2.31. The Morgan fingerprint density at radius 1 is 1.37 bits per heavy atom. The molecule has 1 heterocycles. The predicted octanol–water partition coefficient (Wildman–Crippen LogP) is 2.77. The molecule has 1 saturated carbocycles. The van der Waals surface area contributed by atoms with E-state index in [1.807, 2.05) is 12.1 Å². The molecule has 0 amide bonds. The molecule has 1 fully saturated rings. The number of halogens is 1. The lowest BCUT2D eigenvalue weighted by Crippen LogP contribution is -2.32. The lowest BCUT2D eigenvalue weighted by molar-refractivity contribution is 0.123. The minimum absolute atomic E-state index is 0.257. The summed E-state index contributed by atoms with van der Waals surface area (Å²) >= 11 is 3.49. The molecule has 0 radical (unpaired) electrons. The van der Waals surface area contributed by atoms with Gasteiger partial charge < -0.3 is 14.8 Å². The largest absolute Gasteiger partial charge is 0.488 e. The van der Waals surface area contributed by atoms with Crippen molar-refractivity contribution in [2.24, 2.45) is 5.92 Å². The molecule has 1 aliphatic carbocycles. The van der Waals surface area contributed by atoms with E-state index >= 15 is 0 Å². The molecule has 1 atom stereocenters. The third-order valence-electron chi connectivity index (χ3n) is 3.61. The van der Waals surface area contributed by atoms with Gasteiger partial charge in [-0.15, -0.1) is 0 Å². The van der Waals surface area contributed by atoms with Crippen LogP contribution in [0.1, 0.15) is 18.4 Å². The van der Waals surface area contributed by atoms with Gasteiger partial charge in [-0.1, -0.05) is 15.9 Å². The highest BCUT2D eigenvalue weighted by molar-refractivity contribution is 9.10. The summed E-state index contributed by atoms with van der Waals surface area (Å²) in [6.07, 6.45) is 3.96. The number of hydrogen-bond donors (Lipinski definition) is 1. The smallest absolute Gasteiger partial charge is 0.123 e. The molecule has 1 unspecified atom stereocenters. The van der Waals surface area contributed by atoms with Gasteiger partial charge in [-0.25, -0.2) is 0 Å². The van der Waals surface area contributed by atoms with Crippen LogP contribution in [0.4, 0.5) is 0 Å². The van der Waals surface area contributed by atoms with Crippen LogP contribution in [0.3, 0.4) is 0 Å². The fourth-order valence-electron chi connectivity index (χ4n) is 2.34. The molecule has 3 nitrogen and oxygen atoms in total. The van der Waals surface area contributed by atoms with Crippen molar-refractivity contribution in [3.8, 4) is 5.75 Å². The molecule has 0 bridgehead atoms. The van der Waals surface area contributed by atoms with Gasteiger partial charge in [-0.2, -0.15) is 0 Å². The second kappa shape index (κ2) is 6.25. The predicted molar refractivity (Wildman–Crippen MR) is 78.7 cm³/mol. The first-order valence-electron chi connectivity index (χ1n) is 7.05. The van der Waals surface area contributed by atoms with E-state index in [1.54, 1.807) is 0 Å². The maximum atomic E-state index is 5.89. The Hall–Kier alpha value is -0.580. The number of nitrogens with one attached hydrogen (secondary N) is 1. The highest BCUT2D eigenvalue weighted by Gasteiger charge is 2.23. The van der Waals surface area contributed by atoms with Crippen LogP contribution in [0.25, 0.3) is 0 Å². The maximum absolute atomic E-state index is 5.89. The van der Waals surface area contributed by atoms with Crippen molar-refractivity contribution >= 4 is 15.9 Å².